The van der Waals surface area contributed by atoms with Gasteiger partial charge in [-0.3, -0.25) is 4.79 Å². The molecule has 2 aromatic carbocycles. The van der Waals surface area contributed by atoms with Crippen LogP contribution in [0.3, 0.4) is 0 Å². The summed E-state index contributed by atoms with van der Waals surface area (Å²) in [6, 6.07) is 12.6. The maximum Gasteiger partial charge on any atom is 0.265 e. The van der Waals surface area contributed by atoms with Gasteiger partial charge in [0.1, 0.15) is 18.1 Å². The van der Waals surface area contributed by atoms with E-state index in [0.717, 1.165) is 5.56 Å². The Hall–Kier alpha value is -2.46. The van der Waals surface area contributed by atoms with Crippen molar-refractivity contribution in [1.29, 1.82) is 0 Å². The zero-order valence-electron chi connectivity index (χ0n) is 12.4. The number of amides is 1. The number of anilines is 1. The van der Waals surface area contributed by atoms with E-state index in [1.54, 1.807) is 30.3 Å². The van der Waals surface area contributed by atoms with Gasteiger partial charge < -0.3 is 14.8 Å². The molecule has 118 valence electrons. The van der Waals surface area contributed by atoms with Gasteiger partial charge in [-0.05, 0) is 35.9 Å². The number of rotatable bonds is 5. The summed E-state index contributed by atoms with van der Waals surface area (Å²) in [7, 11) is 0. The van der Waals surface area contributed by atoms with Crippen molar-refractivity contribution in [2.45, 2.75) is 12.5 Å². The van der Waals surface area contributed by atoms with Crippen LogP contribution in [0.15, 0.2) is 55.1 Å². The van der Waals surface area contributed by atoms with E-state index in [1.807, 2.05) is 18.2 Å². The lowest BCUT2D eigenvalue weighted by Gasteiger charge is -2.14. The normalized spacial score (nSPS) is 15.4. The van der Waals surface area contributed by atoms with Crippen molar-refractivity contribution in [2.24, 2.45) is 0 Å². The smallest absolute Gasteiger partial charge is 0.265 e. The Balaban J connectivity index is 1.70. The van der Waals surface area contributed by atoms with Crippen LogP contribution in [0.25, 0.3) is 0 Å². The van der Waals surface area contributed by atoms with Gasteiger partial charge in [0.25, 0.3) is 5.91 Å². The van der Waals surface area contributed by atoms with Gasteiger partial charge in [0.15, 0.2) is 6.10 Å². The lowest BCUT2D eigenvalue weighted by Crippen LogP contribution is -2.31. The maximum absolute atomic E-state index is 12.4. The Labute approximate surface area is 139 Å². The number of carbonyl (C=O) groups is 1. The number of fused-ring (bicyclic) bond motifs is 1. The predicted molar refractivity (Wildman–Crippen MR) is 90.3 cm³/mol. The minimum Gasteiger partial charge on any atom is -0.487 e. The fourth-order valence-corrected chi connectivity index (χ4v) is 2.62. The Morgan fingerprint density at radius 3 is 3.04 bits per heavy atom. The number of benzene rings is 2. The fraction of sp³-hybridized carbons (Fsp3) is 0.167. The van der Waals surface area contributed by atoms with Crippen LogP contribution in [0.1, 0.15) is 5.56 Å². The summed E-state index contributed by atoms with van der Waals surface area (Å²) in [5.41, 5.74) is 1.55. The first-order valence-corrected chi connectivity index (χ1v) is 7.64. The van der Waals surface area contributed by atoms with Crippen LogP contribution in [0.4, 0.5) is 5.69 Å². The van der Waals surface area contributed by atoms with Crippen molar-refractivity contribution < 1.29 is 14.3 Å². The highest BCUT2D eigenvalue weighted by Gasteiger charge is 2.29. The Kier molecular flexibility index (Phi) is 4.53. The van der Waals surface area contributed by atoms with Crippen molar-refractivity contribution in [3.8, 4) is 11.5 Å². The van der Waals surface area contributed by atoms with Crippen molar-refractivity contribution >= 4 is 23.2 Å². The number of hydrogen-bond acceptors (Lipinski definition) is 3. The predicted octanol–water partition coefficient (Wildman–Crippen LogP) is 3.85. The van der Waals surface area contributed by atoms with Crippen molar-refractivity contribution in [2.75, 3.05) is 11.9 Å². The zero-order valence-corrected chi connectivity index (χ0v) is 13.2. The van der Waals surface area contributed by atoms with E-state index in [0.29, 0.717) is 35.2 Å². The Bertz CT molecular complexity index is 745. The lowest BCUT2D eigenvalue weighted by molar-refractivity contribution is -0.122. The molecule has 0 bridgehead atoms. The summed E-state index contributed by atoms with van der Waals surface area (Å²) in [5, 5.41) is 3.49. The quantitative estimate of drug-likeness (QED) is 0.848. The van der Waals surface area contributed by atoms with Crippen molar-refractivity contribution in [3.63, 3.8) is 0 Å². The molecule has 0 spiro atoms. The van der Waals surface area contributed by atoms with Crippen LogP contribution in [-0.4, -0.2) is 18.6 Å². The summed E-state index contributed by atoms with van der Waals surface area (Å²) in [4.78, 5) is 12.4. The van der Waals surface area contributed by atoms with E-state index in [1.165, 1.54) is 0 Å². The van der Waals surface area contributed by atoms with Gasteiger partial charge in [0.05, 0.1) is 5.69 Å². The molecule has 1 atom stereocenters. The highest BCUT2D eigenvalue weighted by Crippen LogP contribution is 2.32. The number of hydrogen-bond donors (Lipinski definition) is 1. The summed E-state index contributed by atoms with van der Waals surface area (Å²) in [6.07, 6.45) is 1.58. The van der Waals surface area contributed by atoms with Gasteiger partial charge >= 0.3 is 0 Å². The first kappa shape index (κ1) is 15.4. The molecule has 0 saturated heterocycles. The SMILES string of the molecule is C=CCOc1ccccc1NC(=O)[C@@H]1Cc2cc(Cl)ccc2O1. The lowest BCUT2D eigenvalue weighted by atomic mass is 10.1. The molecule has 3 rings (SSSR count). The van der Waals surface area contributed by atoms with Gasteiger partial charge in [0, 0.05) is 11.4 Å². The molecule has 1 amide bonds. The molecule has 1 N–H and O–H groups in total. The van der Waals surface area contributed by atoms with Crippen molar-refractivity contribution in [1.82, 2.24) is 0 Å². The van der Waals surface area contributed by atoms with Gasteiger partial charge in [-0.25, -0.2) is 0 Å². The average Bonchev–Trinajstić information content (AvgIpc) is 2.97. The van der Waals surface area contributed by atoms with Crippen molar-refractivity contribution in [3.05, 3.63) is 65.7 Å². The molecule has 1 aliphatic rings. The molecule has 2 aromatic rings. The average molecular weight is 330 g/mol. The molecular weight excluding hydrogens is 314 g/mol. The molecule has 0 saturated carbocycles. The van der Waals surface area contributed by atoms with Gasteiger partial charge in [-0.2, -0.15) is 0 Å². The number of nitrogens with one attached hydrogen (secondary N) is 1. The summed E-state index contributed by atoms with van der Waals surface area (Å²) >= 11 is 5.97. The first-order chi connectivity index (χ1) is 11.2. The maximum atomic E-state index is 12.4. The van der Waals surface area contributed by atoms with E-state index in [2.05, 4.69) is 11.9 Å². The largest absolute Gasteiger partial charge is 0.487 e. The van der Waals surface area contributed by atoms with Crippen LogP contribution >= 0.6 is 11.6 Å². The van der Waals surface area contributed by atoms with E-state index in [-0.39, 0.29) is 5.91 Å². The zero-order chi connectivity index (χ0) is 16.2. The fourth-order valence-electron chi connectivity index (χ4n) is 2.42. The van der Waals surface area contributed by atoms with Crippen LogP contribution < -0.4 is 14.8 Å². The molecule has 0 aliphatic carbocycles. The Morgan fingerprint density at radius 2 is 2.22 bits per heavy atom. The topological polar surface area (TPSA) is 47.6 Å². The molecule has 4 nitrogen and oxygen atoms in total. The van der Waals surface area contributed by atoms with Crippen LogP contribution in [0.5, 0.6) is 11.5 Å². The number of ether oxygens (including phenoxy) is 2. The minimum atomic E-state index is -0.573. The van der Waals surface area contributed by atoms with Gasteiger partial charge in [0.2, 0.25) is 0 Å². The first-order valence-electron chi connectivity index (χ1n) is 7.26. The van der Waals surface area contributed by atoms with E-state index < -0.39 is 6.10 Å². The highest BCUT2D eigenvalue weighted by atomic mass is 35.5. The number of para-hydroxylation sites is 2. The summed E-state index contributed by atoms with van der Waals surface area (Å²) in [6.45, 7) is 3.99. The van der Waals surface area contributed by atoms with E-state index in [9.17, 15) is 4.79 Å². The second kappa shape index (κ2) is 6.75. The molecule has 5 heteroatoms. The highest BCUT2D eigenvalue weighted by molar-refractivity contribution is 6.30. The Morgan fingerprint density at radius 1 is 1.39 bits per heavy atom. The minimum absolute atomic E-state index is 0.216. The van der Waals surface area contributed by atoms with E-state index >= 15 is 0 Å². The molecule has 0 radical (unpaired) electrons. The summed E-state index contributed by atoms with van der Waals surface area (Å²) in [5.74, 6) is 1.08. The number of carbonyl (C=O) groups excluding carboxylic acids is 1. The molecular formula is C18H16ClNO3. The third kappa shape index (κ3) is 3.48. The third-order valence-electron chi connectivity index (χ3n) is 3.49. The second-order valence-corrected chi connectivity index (χ2v) is 5.58. The molecule has 1 heterocycles. The monoisotopic (exact) mass is 329 g/mol. The standard InChI is InChI=1S/C18H16ClNO3/c1-2-9-22-16-6-4-3-5-14(16)20-18(21)17-11-12-10-13(19)7-8-15(12)23-17/h2-8,10,17H,1,9,11H2,(H,20,21)/t17-/m0/s1. The van der Waals surface area contributed by atoms with Crippen LogP contribution in [0.2, 0.25) is 5.02 Å². The van der Waals surface area contributed by atoms with Crippen LogP contribution in [-0.2, 0) is 11.2 Å². The van der Waals surface area contributed by atoms with Gasteiger partial charge in [-0.15, -0.1) is 0 Å². The molecule has 0 fully saturated rings. The second-order valence-electron chi connectivity index (χ2n) is 5.15. The molecule has 0 unspecified atom stereocenters. The molecule has 23 heavy (non-hydrogen) atoms. The molecule has 1 aliphatic heterocycles. The van der Waals surface area contributed by atoms with E-state index in [4.69, 9.17) is 21.1 Å². The number of halogens is 1. The van der Waals surface area contributed by atoms with Gasteiger partial charge in [-0.1, -0.05) is 36.4 Å². The van der Waals surface area contributed by atoms with Crippen LogP contribution in [0, 0.1) is 0 Å². The summed E-state index contributed by atoms with van der Waals surface area (Å²) < 4.78 is 11.2. The third-order valence-corrected chi connectivity index (χ3v) is 3.73. The molecule has 0 aromatic heterocycles.